The Morgan fingerprint density at radius 2 is 1.79 bits per heavy atom. The first-order chi connectivity index (χ1) is 15.9. The lowest BCUT2D eigenvalue weighted by Crippen LogP contribution is -2.52. The normalized spacial score (nSPS) is 14.8. The van der Waals surface area contributed by atoms with Crippen LogP contribution in [-0.2, 0) is 16.1 Å². The Labute approximate surface area is 198 Å². The predicted molar refractivity (Wildman–Crippen MR) is 132 cm³/mol. The molecule has 5 heteroatoms. The molecule has 0 spiro atoms. The van der Waals surface area contributed by atoms with Gasteiger partial charge in [-0.3, -0.25) is 9.59 Å². The number of nitrogens with one attached hydrogen (secondary N) is 1. The van der Waals surface area contributed by atoms with Crippen molar-refractivity contribution < 1.29 is 14.3 Å². The maximum absolute atomic E-state index is 13.3. The fourth-order valence-corrected chi connectivity index (χ4v) is 4.47. The molecule has 1 atom stereocenters. The van der Waals surface area contributed by atoms with Crippen LogP contribution in [0.4, 0.5) is 0 Å². The van der Waals surface area contributed by atoms with E-state index in [2.05, 4.69) is 25.2 Å². The number of carbonyl (C=O) groups is 2. The Morgan fingerprint density at radius 1 is 1.09 bits per heavy atom. The molecule has 1 fully saturated rings. The summed E-state index contributed by atoms with van der Waals surface area (Å²) in [6.07, 6.45) is 4.89. The van der Waals surface area contributed by atoms with E-state index in [-0.39, 0.29) is 24.5 Å². The molecule has 3 rings (SSSR count). The van der Waals surface area contributed by atoms with Gasteiger partial charge in [-0.15, -0.1) is 0 Å². The van der Waals surface area contributed by atoms with Crippen LogP contribution in [0.3, 0.4) is 0 Å². The van der Waals surface area contributed by atoms with Gasteiger partial charge < -0.3 is 15.0 Å². The van der Waals surface area contributed by atoms with E-state index in [1.165, 1.54) is 5.56 Å². The molecule has 2 aromatic carbocycles. The molecule has 0 aliphatic heterocycles. The molecule has 1 N–H and O–H groups in total. The first kappa shape index (κ1) is 24.8. The van der Waals surface area contributed by atoms with E-state index >= 15 is 0 Å². The van der Waals surface area contributed by atoms with E-state index in [1.54, 1.807) is 4.90 Å². The second-order valence-electron chi connectivity index (χ2n) is 9.44. The molecule has 0 aromatic heterocycles. The van der Waals surface area contributed by atoms with Crippen LogP contribution in [-0.4, -0.2) is 35.4 Å². The molecule has 2 amide bonds. The zero-order valence-electron chi connectivity index (χ0n) is 20.5. The van der Waals surface area contributed by atoms with Crippen LogP contribution in [0.1, 0.15) is 75.5 Å². The van der Waals surface area contributed by atoms with E-state index in [1.807, 2.05) is 56.3 Å². The Kier molecular flexibility index (Phi) is 8.93. The first-order valence-corrected chi connectivity index (χ1v) is 12.3. The lowest BCUT2D eigenvalue weighted by Gasteiger charge is -2.31. The first-order valence-electron chi connectivity index (χ1n) is 12.3. The molecular weight excluding hydrogens is 412 g/mol. The van der Waals surface area contributed by atoms with Gasteiger partial charge in [-0.2, -0.15) is 0 Å². The van der Waals surface area contributed by atoms with Crippen LogP contribution in [0.25, 0.3) is 0 Å². The van der Waals surface area contributed by atoms with E-state index in [9.17, 15) is 9.59 Å². The van der Waals surface area contributed by atoms with Crippen LogP contribution in [0.2, 0.25) is 0 Å². The highest BCUT2D eigenvalue weighted by molar-refractivity contribution is 5.88. The third-order valence-corrected chi connectivity index (χ3v) is 6.43. The van der Waals surface area contributed by atoms with Gasteiger partial charge in [-0.05, 0) is 55.4 Å². The molecule has 0 saturated heterocycles. The average molecular weight is 451 g/mol. The fourth-order valence-electron chi connectivity index (χ4n) is 4.47. The van der Waals surface area contributed by atoms with Crippen LogP contribution in [0.15, 0.2) is 48.5 Å². The minimum Gasteiger partial charge on any atom is -0.484 e. The third kappa shape index (κ3) is 7.08. The summed E-state index contributed by atoms with van der Waals surface area (Å²) in [5.41, 5.74) is 3.37. The smallest absolute Gasteiger partial charge is 0.261 e. The minimum absolute atomic E-state index is 0.0633. The third-order valence-electron chi connectivity index (χ3n) is 6.43. The molecule has 0 radical (unpaired) electrons. The van der Waals surface area contributed by atoms with Gasteiger partial charge in [-0.25, -0.2) is 0 Å². The lowest BCUT2D eigenvalue weighted by molar-refractivity contribution is -0.143. The van der Waals surface area contributed by atoms with Crippen molar-refractivity contribution in [2.24, 2.45) is 0 Å². The van der Waals surface area contributed by atoms with Crippen LogP contribution in [0, 0.1) is 6.92 Å². The van der Waals surface area contributed by atoms with Crippen molar-refractivity contribution in [2.45, 2.75) is 84.3 Å². The molecule has 5 nitrogen and oxygen atoms in total. The largest absolute Gasteiger partial charge is 0.484 e. The maximum atomic E-state index is 13.3. The SMILES string of the molecule is CC[C@H](C(=O)NC1CCCC1)N(Cc1cccc(C)c1)C(=O)COc1ccc(C(C)C)cc1. The van der Waals surface area contributed by atoms with Gasteiger partial charge in [-0.1, -0.05) is 75.6 Å². The van der Waals surface area contributed by atoms with Crippen molar-refractivity contribution in [3.8, 4) is 5.75 Å². The summed E-state index contributed by atoms with van der Waals surface area (Å²) >= 11 is 0. The highest BCUT2D eigenvalue weighted by Gasteiger charge is 2.30. The molecule has 0 bridgehead atoms. The van der Waals surface area contributed by atoms with Crippen molar-refractivity contribution in [3.05, 3.63) is 65.2 Å². The van der Waals surface area contributed by atoms with E-state index in [4.69, 9.17) is 4.74 Å². The highest BCUT2D eigenvalue weighted by atomic mass is 16.5. The monoisotopic (exact) mass is 450 g/mol. The zero-order chi connectivity index (χ0) is 23.8. The van der Waals surface area contributed by atoms with Gasteiger partial charge in [0.25, 0.3) is 5.91 Å². The number of hydrogen-bond donors (Lipinski definition) is 1. The standard InChI is InChI=1S/C28H38N2O3/c1-5-26(28(32)29-24-11-6-7-12-24)30(18-22-10-8-9-21(4)17-22)27(31)19-33-25-15-13-23(14-16-25)20(2)3/h8-10,13-17,20,24,26H,5-7,11-12,18-19H2,1-4H3,(H,29,32)/t26-/m1/s1. The number of amides is 2. The Bertz CT molecular complexity index is 917. The Balaban J connectivity index is 1.74. The Hall–Kier alpha value is -2.82. The Morgan fingerprint density at radius 3 is 2.39 bits per heavy atom. The van der Waals surface area contributed by atoms with Gasteiger partial charge in [0.05, 0.1) is 0 Å². The van der Waals surface area contributed by atoms with Gasteiger partial charge in [0, 0.05) is 12.6 Å². The van der Waals surface area contributed by atoms with Crippen molar-refractivity contribution in [3.63, 3.8) is 0 Å². The number of nitrogens with zero attached hydrogens (tertiary/aromatic N) is 1. The van der Waals surface area contributed by atoms with Gasteiger partial charge >= 0.3 is 0 Å². The van der Waals surface area contributed by atoms with Crippen LogP contribution >= 0.6 is 0 Å². The molecule has 0 heterocycles. The van der Waals surface area contributed by atoms with Crippen molar-refractivity contribution in [1.29, 1.82) is 0 Å². The number of rotatable bonds is 10. The fraction of sp³-hybridized carbons (Fsp3) is 0.500. The second kappa shape index (κ2) is 11.9. The van der Waals surface area contributed by atoms with Gasteiger partial charge in [0.1, 0.15) is 11.8 Å². The van der Waals surface area contributed by atoms with Crippen molar-refractivity contribution in [2.75, 3.05) is 6.61 Å². The number of aryl methyl sites for hydroxylation is 1. The number of hydrogen-bond acceptors (Lipinski definition) is 3. The summed E-state index contributed by atoms with van der Waals surface area (Å²) in [5, 5.41) is 3.18. The van der Waals surface area contributed by atoms with E-state index < -0.39 is 6.04 Å². The number of benzene rings is 2. The van der Waals surface area contributed by atoms with Gasteiger partial charge in [0.2, 0.25) is 5.91 Å². The summed E-state index contributed by atoms with van der Waals surface area (Å²) in [4.78, 5) is 28.2. The van der Waals surface area contributed by atoms with Crippen LogP contribution in [0.5, 0.6) is 5.75 Å². The van der Waals surface area contributed by atoms with Crippen LogP contribution < -0.4 is 10.1 Å². The van der Waals surface area contributed by atoms with Crippen molar-refractivity contribution in [1.82, 2.24) is 10.2 Å². The molecule has 2 aromatic rings. The summed E-state index contributed by atoms with van der Waals surface area (Å²) in [6, 6.07) is 15.6. The minimum atomic E-state index is -0.523. The molecule has 1 aliphatic carbocycles. The van der Waals surface area contributed by atoms with Crippen molar-refractivity contribution >= 4 is 11.8 Å². The zero-order valence-corrected chi connectivity index (χ0v) is 20.5. The van der Waals surface area contributed by atoms with Gasteiger partial charge in [0.15, 0.2) is 6.61 Å². The molecule has 33 heavy (non-hydrogen) atoms. The van der Waals surface area contributed by atoms with E-state index in [0.717, 1.165) is 36.8 Å². The second-order valence-corrected chi connectivity index (χ2v) is 9.44. The topological polar surface area (TPSA) is 58.6 Å². The number of ether oxygens (including phenoxy) is 1. The molecule has 1 aliphatic rings. The summed E-state index contributed by atoms with van der Waals surface area (Å²) in [6.45, 7) is 8.56. The molecule has 178 valence electrons. The summed E-state index contributed by atoms with van der Waals surface area (Å²) in [5.74, 6) is 0.852. The molecule has 1 saturated carbocycles. The average Bonchev–Trinajstić information content (AvgIpc) is 3.30. The number of carbonyl (C=O) groups excluding carboxylic acids is 2. The quantitative estimate of drug-likeness (QED) is 0.530. The van der Waals surface area contributed by atoms with E-state index in [0.29, 0.717) is 24.6 Å². The molecule has 0 unspecified atom stereocenters. The maximum Gasteiger partial charge on any atom is 0.261 e. The molecular formula is C28H38N2O3. The highest BCUT2D eigenvalue weighted by Crippen LogP contribution is 2.21. The summed E-state index contributed by atoms with van der Waals surface area (Å²) in [7, 11) is 0. The summed E-state index contributed by atoms with van der Waals surface area (Å²) < 4.78 is 5.83. The predicted octanol–water partition coefficient (Wildman–Crippen LogP) is 5.36. The lowest BCUT2D eigenvalue weighted by atomic mass is 10.0.